The lowest BCUT2D eigenvalue weighted by atomic mass is 10.0. The van der Waals surface area contributed by atoms with Gasteiger partial charge in [-0.15, -0.1) is 0 Å². The van der Waals surface area contributed by atoms with E-state index in [9.17, 15) is 9.59 Å². The lowest BCUT2D eigenvalue weighted by molar-refractivity contribution is -0.129. The molecule has 3 N–H and O–H groups in total. The van der Waals surface area contributed by atoms with Crippen molar-refractivity contribution in [2.75, 3.05) is 20.1 Å². The third kappa shape index (κ3) is 5.01. The summed E-state index contributed by atoms with van der Waals surface area (Å²) in [6, 6.07) is 6.89. The standard InChI is InChI=1S/C15H22N2O3/c1-17(14(18)8-4-5-10-16)11-9-12-6-2-3-7-13(12)15(19)20/h2-3,6-7H,4-5,8-11,16H2,1H3,(H,19,20). The highest BCUT2D eigenvalue weighted by molar-refractivity contribution is 5.89. The van der Waals surface area contributed by atoms with Gasteiger partial charge in [-0.1, -0.05) is 18.2 Å². The predicted molar refractivity (Wildman–Crippen MR) is 77.6 cm³/mol. The molecule has 0 radical (unpaired) electrons. The van der Waals surface area contributed by atoms with Crippen molar-refractivity contribution in [3.05, 3.63) is 35.4 Å². The van der Waals surface area contributed by atoms with Crippen LogP contribution in [0.25, 0.3) is 0 Å². The molecule has 1 rings (SSSR count). The van der Waals surface area contributed by atoms with E-state index in [2.05, 4.69) is 0 Å². The number of nitrogens with two attached hydrogens (primary N) is 1. The van der Waals surface area contributed by atoms with Crippen LogP contribution in [0.3, 0.4) is 0 Å². The van der Waals surface area contributed by atoms with Crippen molar-refractivity contribution in [2.45, 2.75) is 25.7 Å². The van der Waals surface area contributed by atoms with Crippen molar-refractivity contribution < 1.29 is 14.7 Å². The molecule has 1 aromatic rings. The van der Waals surface area contributed by atoms with Crippen LogP contribution in [0.15, 0.2) is 24.3 Å². The maximum absolute atomic E-state index is 11.8. The maximum atomic E-state index is 11.8. The number of carbonyl (C=O) groups is 2. The van der Waals surface area contributed by atoms with Crippen molar-refractivity contribution >= 4 is 11.9 Å². The van der Waals surface area contributed by atoms with Crippen LogP contribution in [0.1, 0.15) is 35.2 Å². The van der Waals surface area contributed by atoms with E-state index in [1.807, 2.05) is 6.07 Å². The van der Waals surface area contributed by atoms with Gasteiger partial charge in [0.2, 0.25) is 5.91 Å². The Bertz CT molecular complexity index is 460. The smallest absolute Gasteiger partial charge is 0.335 e. The number of carbonyl (C=O) groups excluding carboxylic acids is 1. The number of hydrogen-bond acceptors (Lipinski definition) is 3. The Morgan fingerprint density at radius 2 is 1.95 bits per heavy atom. The topological polar surface area (TPSA) is 83.6 Å². The number of likely N-dealkylation sites (N-methyl/N-ethyl adjacent to an activating group) is 1. The molecule has 5 heteroatoms. The molecule has 0 saturated carbocycles. The fourth-order valence-corrected chi connectivity index (χ4v) is 1.97. The molecular formula is C15H22N2O3. The number of carboxylic acids is 1. The molecule has 0 spiro atoms. The Hall–Kier alpha value is -1.88. The molecule has 5 nitrogen and oxygen atoms in total. The molecule has 0 aliphatic rings. The van der Waals surface area contributed by atoms with Crippen LogP contribution in [0.4, 0.5) is 0 Å². The van der Waals surface area contributed by atoms with Crippen LogP contribution in [0.2, 0.25) is 0 Å². The van der Waals surface area contributed by atoms with E-state index in [0.717, 1.165) is 18.4 Å². The van der Waals surface area contributed by atoms with Crippen molar-refractivity contribution in [3.8, 4) is 0 Å². The summed E-state index contributed by atoms with van der Waals surface area (Å²) in [5.74, 6) is -0.858. The number of aromatic carboxylic acids is 1. The SMILES string of the molecule is CN(CCc1ccccc1C(=O)O)C(=O)CCCCN. The van der Waals surface area contributed by atoms with Gasteiger partial charge < -0.3 is 15.7 Å². The van der Waals surface area contributed by atoms with E-state index >= 15 is 0 Å². The maximum Gasteiger partial charge on any atom is 0.335 e. The van der Waals surface area contributed by atoms with Gasteiger partial charge in [0.25, 0.3) is 0 Å². The fourth-order valence-electron chi connectivity index (χ4n) is 1.97. The van der Waals surface area contributed by atoms with Crippen LogP contribution >= 0.6 is 0 Å². The minimum absolute atomic E-state index is 0.0752. The molecule has 0 atom stereocenters. The van der Waals surface area contributed by atoms with Crippen LogP contribution < -0.4 is 5.73 Å². The minimum Gasteiger partial charge on any atom is -0.478 e. The number of amides is 1. The molecule has 1 aromatic carbocycles. The summed E-state index contributed by atoms with van der Waals surface area (Å²) < 4.78 is 0. The largest absolute Gasteiger partial charge is 0.478 e. The Balaban J connectivity index is 2.50. The minimum atomic E-state index is -0.933. The van der Waals surface area contributed by atoms with Crippen molar-refractivity contribution in [1.29, 1.82) is 0 Å². The van der Waals surface area contributed by atoms with E-state index in [1.165, 1.54) is 0 Å². The zero-order chi connectivity index (χ0) is 15.0. The van der Waals surface area contributed by atoms with E-state index in [1.54, 1.807) is 30.1 Å². The first-order valence-electron chi connectivity index (χ1n) is 6.81. The third-order valence-electron chi connectivity index (χ3n) is 3.23. The summed E-state index contributed by atoms with van der Waals surface area (Å²) in [4.78, 5) is 24.6. The zero-order valence-electron chi connectivity index (χ0n) is 11.8. The second-order valence-electron chi connectivity index (χ2n) is 4.77. The highest BCUT2D eigenvalue weighted by Gasteiger charge is 2.12. The molecule has 0 bridgehead atoms. The van der Waals surface area contributed by atoms with Gasteiger partial charge >= 0.3 is 5.97 Å². The summed E-state index contributed by atoms with van der Waals surface area (Å²) in [5, 5.41) is 9.09. The van der Waals surface area contributed by atoms with E-state index < -0.39 is 5.97 Å². The molecule has 0 aromatic heterocycles. The number of rotatable bonds is 8. The molecule has 20 heavy (non-hydrogen) atoms. The summed E-state index contributed by atoms with van der Waals surface area (Å²) in [6.45, 7) is 1.12. The monoisotopic (exact) mass is 278 g/mol. The average Bonchev–Trinajstić information content (AvgIpc) is 2.45. The third-order valence-corrected chi connectivity index (χ3v) is 3.23. The summed E-state index contributed by atoms with van der Waals surface area (Å²) in [7, 11) is 1.74. The molecular weight excluding hydrogens is 256 g/mol. The molecule has 110 valence electrons. The highest BCUT2D eigenvalue weighted by Crippen LogP contribution is 2.10. The molecule has 0 saturated heterocycles. The molecule has 0 heterocycles. The Morgan fingerprint density at radius 3 is 2.60 bits per heavy atom. The van der Waals surface area contributed by atoms with E-state index in [4.69, 9.17) is 10.8 Å². The van der Waals surface area contributed by atoms with Gasteiger partial charge in [-0.2, -0.15) is 0 Å². The molecule has 0 aliphatic carbocycles. The zero-order valence-corrected chi connectivity index (χ0v) is 11.8. The molecule has 0 fully saturated rings. The first-order valence-corrected chi connectivity index (χ1v) is 6.81. The van der Waals surface area contributed by atoms with Crippen molar-refractivity contribution in [3.63, 3.8) is 0 Å². The number of benzene rings is 1. The Kier molecular flexibility index (Phi) is 6.73. The number of carboxylic acid groups (broad SMARTS) is 1. The van der Waals surface area contributed by atoms with Gasteiger partial charge in [-0.3, -0.25) is 4.79 Å². The van der Waals surface area contributed by atoms with Crippen molar-refractivity contribution in [2.24, 2.45) is 5.73 Å². The second-order valence-corrected chi connectivity index (χ2v) is 4.77. The lowest BCUT2D eigenvalue weighted by Gasteiger charge is -2.17. The van der Waals surface area contributed by atoms with Crippen LogP contribution in [-0.4, -0.2) is 42.0 Å². The van der Waals surface area contributed by atoms with Gasteiger partial charge in [0.1, 0.15) is 0 Å². The second kappa shape index (κ2) is 8.32. The van der Waals surface area contributed by atoms with Crippen LogP contribution in [0, 0.1) is 0 Å². The lowest BCUT2D eigenvalue weighted by Crippen LogP contribution is -2.29. The van der Waals surface area contributed by atoms with Gasteiger partial charge in [-0.25, -0.2) is 4.79 Å². The Morgan fingerprint density at radius 1 is 1.25 bits per heavy atom. The summed E-state index contributed by atoms with van der Waals surface area (Å²) >= 11 is 0. The number of hydrogen-bond donors (Lipinski definition) is 2. The first kappa shape index (κ1) is 16.2. The van der Waals surface area contributed by atoms with E-state index in [-0.39, 0.29) is 5.91 Å². The Labute approximate surface area is 119 Å². The normalized spacial score (nSPS) is 10.3. The van der Waals surface area contributed by atoms with Gasteiger partial charge in [0, 0.05) is 20.0 Å². The first-order chi connectivity index (χ1) is 9.56. The van der Waals surface area contributed by atoms with E-state index in [0.29, 0.717) is 31.5 Å². The van der Waals surface area contributed by atoms with Gasteiger partial charge in [0.05, 0.1) is 5.56 Å². The van der Waals surface area contributed by atoms with Gasteiger partial charge in [-0.05, 0) is 37.4 Å². The molecule has 0 unspecified atom stereocenters. The van der Waals surface area contributed by atoms with Crippen molar-refractivity contribution in [1.82, 2.24) is 4.90 Å². The predicted octanol–water partition coefficient (Wildman–Crippen LogP) is 1.51. The quantitative estimate of drug-likeness (QED) is 0.706. The summed E-state index contributed by atoms with van der Waals surface area (Å²) in [6.07, 6.45) is 2.68. The fraction of sp³-hybridized carbons (Fsp3) is 0.467. The van der Waals surface area contributed by atoms with Gasteiger partial charge in [0.15, 0.2) is 0 Å². The number of unbranched alkanes of at least 4 members (excludes halogenated alkanes) is 1. The highest BCUT2D eigenvalue weighted by atomic mass is 16.4. The average molecular weight is 278 g/mol. The summed E-state index contributed by atoms with van der Waals surface area (Å²) in [5.41, 5.74) is 6.44. The number of nitrogens with zero attached hydrogens (tertiary/aromatic N) is 1. The van der Waals surface area contributed by atoms with Crippen LogP contribution in [0.5, 0.6) is 0 Å². The van der Waals surface area contributed by atoms with Crippen LogP contribution in [-0.2, 0) is 11.2 Å². The molecule has 1 amide bonds. The molecule has 0 aliphatic heterocycles.